The molecular weight excluding hydrogens is 326 g/mol. The van der Waals surface area contributed by atoms with Crippen molar-refractivity contribution in [3.8, 4) is 11.5 Å². The quantitative estimate of drug-likeness (QED) is 0.819. The maximum absolute atomic E-state index is 12.3. The molecule has 0 heterocycles. The van der Waals surface area contributed by atoms with Crippen LogP contribution in [0.25, 0.3) is 0 Å². The van der Waals surface area contributed by atoms with E-state index in [-0.39, 0.29) is 11.7 Å². The zero-order valence-electron chi connectivity index (χ0n) is 15.5. The highest BCUT2D eigenvalue weighted by Crippen LogP contribution is 2.36. The molecule has 0 saturated carbocycles. The Morgan fingerprint density at radius 2 is 1.73 bits per heavy atom. The van der Waals surface area contributed by atoms with Crippen LogP contribution in [0.4, 0.5) is 5.69 Å². The van der Waals surface area contributed by atoms with Gasteiger partial charge in [0.1, 0.15) is 0 Å². The number of hydrogen-bond donors (Lipinski definition) is 1. The van der Waals surface area contributed by atoms with Crippen molar-refractivity contribution in [2.24, 2.45) is 0 Å². The molecule has 2 aromatic carbocycles. The monoisotopic (exact) mass is 351 g/mol. The van der Waals surface area contributed by atoms with Crippen molar-refractivity contribution in [2.75, 3.05) is 19.5 Å². The smallest absolute Gasteiger partial charge is 0.160 e. The summed E-state index contributed by atoms with van der Waals surface area (Å²) in [6.45, 7) is 2.14. The van der Waals surface area contributed by atoms with Crippen molar-refractivity contribution in [1.29, 1.82) is 0 Å². The summed E-state index contributed by atoms with van der Waals surface area (Å²) in [6.07, 6.45) is 4.04. The SMILES string of the molecule is CCc1ccc(NC2=CC(=O)CC(c3ccc(OC)c(OC)c3)C2)cc1. The van der Waals surface area contributed by atoms with Gasteiger partial charge in [-0.1, -0.05) is 25.1 Å². The Balaban J connectivity index is 1.77. The Kier molecular flexibility index (Phi) is 5.61. The lowest BCUT2D eigenvalue weighted by Gasteiger charge is -2.24. The summed E-state index contributed by atoms with van der Waals surface area (Å²) < 4.78 is 10.7. The molecule has 0 saturated heterocycles. The van der Waals surface area contributed by atoms with Crippen molar-refractivity contribution < 1.29 is 14.3 Å². The fourth-order valence-electron chi connectivity index (χ4n) is 3.33. The number of ketones is 1. The topological polar surface area (TPSA) is 47.6 Å². The third-order valence-electron chi connectivity index (χ3n) is 4.80. The van der Waals surface area contributed by atoms with E-state index in [1.54, 1.807) is 20.3 Å². The van der Waals surface area contributed by atoms with Crippen LogP contribution in [-0.4, -0.2) is 20.0 Å². The van der Waals surface area contributed by atoms with Gasteiger partial charge in [0.15, 0.2) is 17.3 Å². The summed E-state index contributed by atoms with van der Waals surface area (Å²) in [5, 5.41) is 3.40. The zero-order valence-corrected chi connectivity index (χ0v) is 15.5. The van der Waals surface area contributed by atoms with Gasteiger partial charge in [-0.3, -0.25) is 4.79 Å². The minimum atomic E-state index is 0.129. The molecule has 2 aromatic rings. The summed E-state index contributed by atoms with van der Waals surface area (Å²) >= 11 is 0. The number of rotatable bonds is 6. The highest BCUT2D eigenvalue weighted by Gasteiger charge is 2.23. The molecule has 1 aliphatic rings. The van der Waals surface area contributed by atoms with E-state index in [0.29, 0.717) is 17.9 Å². The predicted molar refractivity (Wildman–Crippen MR) is 104 cm³/mol. The van der Waals surface area contributed by atoms with E-state index in [2.05, 4.69) is 36.5 Å². The van der Waals surface area contributed by atoms with E-state index in [1.165, 1.54) is 5.56 Å². The zero-order chi connectivity index (χ0) is 18.5. The first-order valence-electron chi connectivity index (χ1n) is 8.94. The lowest BCUT2D eigenvalue weighted by Crippen LogP contribution is -2.16. The molecule has 1 aliphatic carbocycles. The first-order chi connectivity index (χ1) is 12.6. The van der Waals surface area contributed by atoms with Gasteiger partial charge in [0, 0.05) is 23.9 Å². The van der Waals surface area contributed by atoms with E-state index in [1.807, 2.05) is 18.2 Å². The molecule has 3 rings (SSSR count). The van der Waals surface area contributed by atoms with E-state index in [0.717, 1.165) is 29.8 Å². The number of ether oxygens (including phenoxy) is 2. The molecule has 0 amide bonds. The molecule has 0 aromatic heterocycles. The molecule has 0 aliphatic heterocycles. The van der Waals surface area contributed by atoms with Crippen molar-refractivity contribution in [3.05, 3.63) is 65.4 Å². The summed E-state index contributed by atoms with van der Waals surface area (Å²) in [4.78, 5) is 12.3. The molecule has 1 atom stereocenters. The van der Waals surface area contributed by atoms with E-state index >= 15 is 0 Å². The normalized spacial score (nSPS) is 16.8. The Morgan fingerprint density at radius 3 is 2.38 bits per heavy atom. The van der Waals surface area contributed by atoms with Crippen molar-refractivity contribution >= 4 is 11.5 Å². The van der Waals surface area contributed by atoms with Crippen LogP contribution in [0.2, 0.25) is 0 Å². The van der Waals surface area contributed by atoms with Crippen LogP contribution in [0.1, 0.15) is 36.8 Å². The van der Waals surface area contributed by atoms with Gasteiger partial charge < -0.3 is 14.8 Å². The van der Waals surface area contributed by atoms with Gasteiger partial charge in [-0.15, -0.1) is 0 Å². The fraction of sp³-hybridized carbons (Fsp3) is 0.318. The lowest BCUT2D eigenvalue weighted by atomic mass is 9.85. The van der Waals surface area contributed by atoms with E-state index < -0.39 is 0 Å². The van der Waals surface area contributed by atoms with Crippen LogP contribution in [0.3, 0.4) is 0 Å². The second-order valence-electron chi connectivity index (χ2n) is 6.53. The molecular formula is C22H25NO3. The van der Waals surface area contributed by atoms with Crippen LogP contribution < -0.4 is 14.8 Å². The molecule has 0 radical (unpaired) electrons. The number of anilines is 1. The first kappa shape index (κ1) is 18.1. The molecule has 1 N–H and O–H groups in total. The number of benzene rings is 2. The van der Waals surface area contributed by atoms with Crippen LogP contribution in [0.15, 0.2) is 54.2 Å². The third kappa shape index (κ3) is 4.07. The summed E-state index contributed by atoms with van der Waals surface area (Å²) in [5.41, 5.74) is 4.34. The van der Waals surface area contributed by atoms with Crippen LogP contribution >= 0.6 is 0 Å². The highest BCUT2D eigenvalue weighted by molar-refractivity contribution is 5.92. The van der Waals surface area contributed by atoms with Gasteiger partial charge in [-0.05, 0) is 54.2 Å². The second kappa shape index (κ2) is 8.09. The van der Waals surface area contributed by atoms with Crippen molar-refractivity contribution in [3.63, 3.8) is 0 Å². The summed E-state index contributed by atoms with van der Waals surface area (Å²) in [6, 6.07) is 14.2. The molecule has 0 bridgehead atoms. The average Bonchev–Trinajstić information content (AvgIpc) is 2.67. The minimum absolute atomic E-state index is 0.129. The van der Waals surface area contributed by atoms with E-state index in [9.17, 15) is 4.79 Å². The Bertz CT molecular complexity index is 809. The minimum Gasteiger partial charge on any atom is -0.493 e. The molecule has 4 nitrogen and oxygen atoms in total. The first-order valence-corrected chi connectivity index (χ1v) is 8.94. The molecule has 4 heteroatoms. The van der Waals surface area contributed by atoms with Crippen molar-refractivity contribution in [2.45, 2.75) is 32.1 Å². The van der Waals surface area contributed by atoms with Gasteiger partial charge in [-0.2, -0.15) is 0 Å². The number of aryl methyl sites for hydroxylation is 1. The van der Waals surface area contributed by atoms with Gasteiger partial charge in [0.05, 0.1) is 14.2 Å². The van der Waals surface area contributed by atoms with Gasteiger partial charge >= 0.3 is 0 Å². The number of nitrogens with one attached hydrogen (secondary N) is 1. The Labute approximate surface area is 154 Å². The summed E-state index contributed by atoms with van der Waals surface area (Å²) in [7, 11) is 3.25. The predicted octanol–water partition coefficient (Wildman–Crippen LogP) is 4.71. The number of carbonyl (C=O) groups excluding carboxylic acids is 1. The third-order valence-corrected chi connectivity index (χ3v) is 4.80. The van der Waals surface area contributed by atoms with Gasteiger partial charge in [0.2, 0.25) is 0 Å². The van der Waals surface area contributed by atoms with Crippen LogP contribution in [0, 0.1) is 0 Å². The molecule has 0 fully saturated rings. The molecule has 136 valence electrons. The second-order valence-corrected chi connectivity index (χ2v) is 6.53. The van der Waals surface area contributed by atoms with Crippen molar-refractivity contribution in [1.82, 2.24) is 0 Å². The molecule has 26 heavy (non-hydrogen) atoms. The maximum Gasteiger partial charge on any atom is 0.160 e. The van der Waals surface area contributed by atoms with Gasteiger partial charge in [-0.25, -0.2) is 0 Å². The Hall–Kier alpha value is -2.75. The number of carbonyl (C=O) groups is 1. The molecule has 1 unspecified atom stereocenters. The number of allylic oxidation sites excluding steroid dienone is 2. The average molecular weight is 351 g/mol. The van der Waals surface area contributed by atoms with Crippen LogP contribution in [-0.2, 0) is 11.2 Å². The number of methoxy groups -OCH3 is 2. The largest absolute Gasteiger partial charge is 0.493 e. The fourth-order valence-corrected chi connectivity index (χ4v) is 3.33. The highest BCUT2D eigenvalue weighted by atomic mass is 16.5. The summed E-state index contributed by atoms with van der Waals surface area (Å²) in [5.74, 6) is 1.66. The van der Waals surface area contributed by atoms with Gasteiger partial charge in [0.25, 0.3) is 0 Å². The maximum atomic E-state index is 12.3. The standard InChI is InChI=1S/C22H25NO3/c1-4-15-5-8-18(9-6-15)23-19-11-17(12-20(24)14-19)16-7-10-21(25-2)22(13-16)26-3/h5-10,13-14,17,23H,4,11-12H2,1-3H3. The molecule has 0 spiro atoms. The van der Waals surface area contributed by atoms with Crippen LogP contribution in [0.5, 0.6) is 11.5 Å². The Morgan fingerprint density at radius 1 is 1.00 bits per heavy atom. The number of hydrogen-bond acceptors (Lipinski definition) is 4. The van der Waals surface area contributed by atoms with E-state index in [4.69, 9.17) is 9.47 Å². The lowest BCUT2D eigenvalue weighted by molar-refractivity contribution is -0.115.